The van der Waals surface area contributed by atoms with Crippen LogP contribution in [0.25, 0.3) is 0 Å². The third kappa shape index (κ3) is 5.51. The van der Waals surface area contributed by atoms with Crippen LogP contribution in [-0.2, 0) is 4.79 Å². The number of halogens is 3. The highest BCUT2D eigenvalue weighted by atomic mass is 32.2. The average molecular weight is 346 g/mol. The summed E-state index contributed by atoms with van der Waals surface area (Å²) < 4.78 is 47.7. The standard InChI is InChI=1S/C14H13F3N2O3S/c1-8-4-14(19-22-8)21-6-13(20)18-10-5-9(15)2-3-11(10)23-7-12(16)17/h2-5,12H,6-7H2,1H3,(H,18,20). The Bertz CT molecular complexity index is 679. The minimum atomic E-state index is -2.51. The predicted molar refractivity (Wildman–Crippen MR) is 78.5 cm³/mol. The average Bonchev–Trinajstić information content (AvgIpc) is 2.90. The molecule has 2 rings (SSSR count). The predicted octanol–water partition coefficient (Wildman–Crippen LogP) is 3.50. The Morgan fingerprint density at radius 1 is 1.43 bits per heavy atom. The Kier molecular flexibility index (Phi) is 5.91. The number of aryl methyl sites for hydroxylation is 1. The number of hydrogen-bond donors (Lipinski definition) is 1. The summed E-state index contributed by atoms with van der Waals surface area (Å²) in [5, 5.41) is 5.97. The molecule has 0 unspecified atom stereocenters. The highest BCUT2D eigenvalue weighted by molar-refractivity contribution is 7.99. The summed E-state index contributed by atoms with van der Waals surface area (Å²) in [6, 6.07) is 5.03. The van der Waals surface area contributed by atoms with Crippen LogP contribution < -0.4 is 10.1 Å². The third-order valence-electron chi connectivity index (χ3n) is 2.54. The topological polar surface area (TPSA) is 64.4 Å². The van der Waals surface area contributed by atoms with Gasteiger partial charge in [0.1, 0.15) is 11.6 Å². The number of hydrogen-bond acceptors (Lipinski definition) is 5. The lowest BCUT2D eigenvalue weighted by Crippen LogP contribution is -2.20. The second-order valence-corrected chi connectivity index (χ2v) is 5.52. The van der Waals surface area contributed by atoms with Crippen molar-refractivity contribution in [2.45, 2.75) is 18.2 Å². The molecule has 0 bridgehead atoms. The molecule has 2 aromatic rings. The van der Waals surface area contributed by atoms with Crippen LogP contribution in [0.4, 0.5) is 18.9 Å². The number of carbonyl (C=O) groups is 1. The summed E-state index contributed by atoms with van der Waals surface area (Å²) in [4.78, 5) is 12.2. The SMILES string of the molecule is Cc1cc(OCC(=O)Nc2cc(F)ccc2SCC(F)F)no1. The Balaban J connectivity index is 1.97. The Hall–Kier alpha value is -2.16. The number of aromatic nitrogens is 1. The molecule has 0 fully saturated rings. The van der Waals surface area contributed by atoms with E-state index in [0.717, 1.165) is 23.9 Å². The number of alkyl halides is 2. The molecule has 23 heavy (non-hydrogen) atoms. The van der Waals surface area contributed by atoms with Crippen molar-refractivity contribution in [3.8, 4) is 5.88 Å². The maximum absolute atomic E-state index is 13.3. The van der Waals surface area contributed by atoms with E-state index in [1.165, 1.54) is 12.1 Å². The van der Waals surface area contributed by atoms with Gasteiger partial charge in [-0.3, -0.25) is 4.79 Å². The monoisotopic (exact) mass is 346 g/mol. The van der Waals surface area contributed by atoms with Crippen molar-refractivity contribution in [3.63, 3.8) is 0 Å². The van der Waals surface area contributed by atoms with Crippen molar-refractivity contribution in [2.75, 3.05) is 17.7 Å². The molecule has 5 nitrogen and oxygen atoms in total. The minimum Gasteiger partial charge on any atom is -0.465 e. The van der Waals surface area contributed by atoms with Crippen LogP contribution in [0.3, 0.4) is 0 Å². The van der Waals surface area contributed by atoms with Crippen LogP contribution in [0.2, 0.25) is 0 Å². The number of benzene rings is 1. The first-order valence-electron chi connectivity index (χ1n) is 6.50. The first kappa shape index (κ1) is 17.2. The van der Waals surface area contributed by atoms with Crippen LogP contribution in [0, 0.1) is 12.7 Å². The van der Waals surface area contributed by atoms with Gasteiger partial charge in [0.2, 0.25) is 6.43 Å². The summed E-state index contributed by atoms with van der Waals surface area (Å²) in [5.74, 6) is -0.950. The molecule has 1 N–H and O–H groups in total. The molecule has 0 radical (unpaired) electrons. The largest absolute Gasteiger partial charge is 0.465 e. The van der Waals surface area contributed by atoms with Crippen LogP contribution in [0.1, 0.15) is 5.76 Å². The van der Waals surface area contributed by atoms with E-state index in [-0.39, 0.29) is 18.2 Å². The molecule has 0 aliphatic carbocycles. The lowest BCUT2D eigenvalue weighted by molar-refractivity contribution is -0.118. The molecular weight excluding hydrogens is 333 g/mol. The molecule has 1 amide bonds. The fraction of sp³-hybridized carbons (Fsp3) is 0.286. The van der Waals surface area contributed by atoms with Crippen molar-refractivity contribution in [3.05, 3.63) is 35.8 Å². The highest BCUT2D eigenvalue weighted by Crippen LogP contribution is 2.29. The number of amides is 1. The number of thioether (sulfide) groups is 1. The quantitative estimate of drug-likeness (QED) is 0.778. The Morgan fingerprint density at radius 3 is 2.87 bits per heavy atom. The summed E-state index contributed by atoms with van der Waals surface area (Å²) in [6.07, 6.45) is -2.51. The van der Waals surface area contributed by atoms with E-state index in [4.69, 9.17) is 9.26 Å². The van der Waals surface area contributed by atoms with Crippen molar-refractivity contribution >= 4 is 23.4 Å². The first-order valence-corrected chi connectivity index (χ1v) is 7.49. The van der Waals surface area contributed by atoms with Crippen LogP contribution in [0.15, 0.2) is 33.7 Å². The molecule has 1 aromatic heterocycles. The second kappa shape index (κ2) is 7.91. The maximum atomic E-state index is 13.3. The zero-order chi connectivity index (χ0) is 16.8. The fourth-order valence-corrected chi connectivity index (χ4v) is 2.35. The maximum Gasteiger partial charge on any atom is 0.262 e. The second-order valence-electron chi connectivity index (χ2n) is 4.46. The summed E-state index contributed by atoms with van der Waals surface area (Å²) >= 11 is 0.824. The van der Waals surface area contributed by atoms with E-state index < -0.39 is 23.9 Å². The zero-order valence-electron chi connectivity index (χ0n) is 12.0. The number of nitrogens with zero attached hydrogens (tertiary/aromatic N) is 1. The van der Waals surface area contributed by atoms with E-state index in [1.54, 1.807) is 6.92 Å². The van der Waals surface area contributed by atoms with Gasteiger partial charge in [0.05, 0.1) is 11.4 Å². The smallest absolute Gasteiger partial charge is 0.262 e. The van der Waals surface area contributed by atoms with E-state index in [2.05, 4.69) is 10.5 Å². The fourth-order valence-electron chi connectivity index (χ4n) is 1.62. The minimum absolute atomic E-state index is 0.112. The number of anilines is 1. The molecule has 0 saturated carbocycles. The number of nitrogens with one attached hydrogen (secondary N) is 1. The number of ether oxygens (including phenoxy) is 1. The van der Waals surface area contributed by atoms with Gasteiger partial charge in [-0.05, 0) is 30.3 Å². The van der Waals surface area contributed by atoms with Crippen molar-refractivity contribution in [1.82, 2.24) is 5.16 Å². The van der Waals surface area contributed by atoms with E-state index in [0.29, 0.717) is 10.7 Å². The molecule has 124 valence electrons. The summed E-state index contributed by atoms with van der Waals surface area (Å²) in [6.45, 7) is 1.29. The van der Waals surface area contributed by atoms with Crippen molar-refractivity contribution in [2.24, 2.45) is 0 Å². The molecular formula is C14H13F3N2O3S. The Morgan fingerprint density at radius 2 is 2.22 bits per heavy atom. The van der Waals surface area contributed by atoms with Gasteiger partial charge in [-0.1, -0.05) is 0 Å². The summed E-state index contributed by atoms with van der Waals surface area (Å²) in [5.41, 5.74) is 0.112. The highest BCUT2D eigenvalue weighted by Gasteiger charge is 2.12. The molecule has 1 heterocycles. The molecule has 0 atom stereocenters. The van der Waals surface area contributed by atoms with Crippen molar-refractivity contribution in [1.29, 1.82) is 0 Å². The van der Waals surface area contributed by atoms with E-state index >= 15 is 0 Å². The Labute approximate surface area is 134 Å². The number of rotatable bonds is 7. The number of carbonyl (C=O) groups excluding carboxylic acids is 1. The van der Waals surface area contributed by atoms with Gasteiger partial charge in [-0.2, -0.15) is 0 Å². The van der Waals surface area contributed by atoms with E-state index in [9.17, 15) is 18.0 Å². The van der Waals surface area contributed by atoms with Crippen molar-refractivity contribution < 1.29 is 27.2 Å². The summed E-state index contributed by atoms with van der Waals surface area (Å²) in [7, 11) is 0. The zero-order valence-corrected chi connectivity index (χ0v) is 12.8. The van der Waals surface area contributed by atoms with Gasteiger partial charge in [-0.15, -0.1) is 11.8 Å². The van der Waals surface area contributed by atoms with Gasteiger partial charge in [-0.25, -0.2) is 13.2 Å². The van der Waals surface area contributed by atoms with Gasteiger partial charge < -0.3 is 14.6 Å². The lowest BCUT2D eigenvalue weighted by atomic mass is 10.3. The molecule has 0 spiro atoms. The lowest BCUT2D eigenvalue weighted by Gasteiger charge is -2.11. The van der Waals surface area contributed by atoms with E-state index in [1.807, 2.05) is 0 Å². The molecule has 0 aliphatic heterocycles. The van der Waals surface area contributed by atoms with Gasteiger partial charge >= 0.3 is 0 Å². The molecule has 0 saturated heterocycles. The molecule has 9 heteroatoms. The molecule has 0 aliphatic rings. The van der Waals surface area contributed by atoms with Crippen LogP contribution >= 0.6 is 11.8 Å². The molecule has 1 aromatic carbocycles. The first-order chi connectivity index (χ1) is 10.9. The van der Waals surface area contributed by atoms with Crippen LogP contribution in [-0.4, -0.2) is 29.8 Å². The van der Waals surface area contributed by atoms with Gasteiger partial charge in [0.25, 0.3) is 11.8 Å². The van der Waals surface area contributed by atoms with Gasteiger partial charge in [0, 0.05) is 11.0 Å². The van der Waals surface area contributed by atoms with Crippen LogP contribution in [0.5, 0.6) is 5.88 Å². The normalized spacial score (nSPS) is 10.8. The van der Waals surface area contributed by atoms with Gasteiger partial charge in [0.15, 0.2) is 6.61 Å². The third-order valence-corrected chi connectivity index (χ3v) is 3.62.